The minimum absolute atomic E-state index is 0. The molecule has 8 heavy (non-hydrogen) atoms. The molecule has 0 heterocycles. The molecule has 7 N–H and O–H groups in total. The van der Waals surface area contributed by atoms with Crippen molar-refractivity contribution in [1.82, 2.24) is 0 Å². The first-order valence-electron chi connectivity index (χ1n) is 1.19. The van der Waals surface area contributed by atoms with Gasteiger partial charge in [0.2, 0.25) is 0 Å². The van der Waals surface area contributed by atoms with Crippen molar-refractivity contribution in [2.45, 2.75) is 0 Å². The van der Waals surface area contributed by atoms with E-state index < -0.39 is 5.97 Å². The van der Waals surface area contributed by atoms with Gasteiger partial charge in [0.1, 0.15) is 0 Å². The van der Waals surface area contributed by atoms with Crippen LogP contribution in [0.25, 0.3) is 0 Å². The molecule has 0 saturated carbocycles. The predicted octanol–water partition coefficient (Wildman–Crippen LogP) is -2.78. The fourth-order valence-corrected chi connectivity index (χ4v) is 0. The molecule has 0 aliphatic carbocycles. The van der Waals surface area contributed by atoms with E-state index in [1.165, 1.54) is 0 Å². The minimum atomic E-state index is -0.968. The Balaban J connectivity index is -0.00000000800. The molecule has 0 radical (unpaired) electrons. The molecule has 0 aromatic carbocycles. The summed E-state index contributed by atoms with van der Waals surface area (Å²) in [6, 6.07) is 0. The van der Waals surface area contributed by atoms with Gasteiger partial charge < -0.3 is 24.6 Å². The number of hydrogen-bond acceptors (Lipinski definition) is 2. The Bertz CT molecular complexity index is 56.5. The summed E-state index contributed by atoms with van der Waals surface area (Å²) in [6.45, 7) is -0.278. The summed E-state index contributed by atoms with van der Waals surface area (Å²) >= 11 is 0. The van der Waals surface area contributed by atoms with Gasteiger partial charge in [-0.15, -0.1) is 0 Å². The van der Waals surface area contributed by atoms with Crippen LogP contribution in [0.15, 0.2) is 0 Å². The molecule has 0 atom stereocenters. The molecule has 0 rings (SSSR count). The van der Waals surface area contributed by atoms with Crippen molar-refractivity contribution in [2.24, 2.45) is 5.73 Å². The number of hydrogen-bond donors (Lipinski definition) is 2. The van der Waals surface area contributed by atoms with Crippen LogP contribution in [-0.4, -0.2) is 51.6 Å². The fraction of sp³-hybridized carbons (Fsp3) is 0.500. The SMILES string of the molecule is NCC(=O)O.O.O.[H-].[H-].[Mg+2]. The van der Waals surface area contributed by atoms with Crippen LogP contribution in [-0.2, 0) is 4.79 Å². The Labute approximate surface area is 65.6 Å². The largest absolute Gasteiger partial charge is 2.00 e. The van der Waals surface area contributed by atoms with Crippen molar-refractivity contribution in [3.63, 3.8) is 0 Å². The average molecular weight is 137 g/mol. The van der Waals surface area contributed by atoms with Gasteiger partial charge in [0.05, 0.1) is 6.54 Å². The number of aliphatic carboxylic acids is 1. The molecule has 50 valence electrons. The average Bonchev–Trinajstić information content (AvgIpc) is 1.38. The summed E-state index contributed by atoms with van der Waals surface area (Å²) in [5.41, 5.74) is 4.57. The Kier molecular flexibility index (Phi) is 47.6. The van der Waals surface area contributed by atoms with E-state index in [0.717, 1.165) is 0 Å². The maximum absolute atomic E-state index is 9.24. The van der Waals surface area contributed by atoms with E-state index in [1.807, 2.05) is 0 Å². The van der Waals surface area contributed by atoms with E-state index in [9.17, 15) is 4.79 Å². The first-order chi connectivity index (χ1) is 2.27. The number of nitrogens with two attached hydrogens (primary N) is 1. The normalized spacial score (nSPS) is 4.62. The summed E-state index contributed by atoms with van der Waals surface area (Å²) in [6.07, 6.45) is 0. The summed E-state index contributed by atoms with van der Waals surface area (Å²) in [5, 5.41) is 7.60. The molecule has 0 amide bonds. The molecule has 5 nitrogen and oxygen atoms in total. The van der Waals surface area contributed by atoms with Gasteiger partial charge in [-0.05, 0) is 0 Å². The zero-order chi connectivity index (χ0) is 4.28. The van der Waals surface area contributed by atoms with Gasteiger partial charge in [-0.1, -0.05) is 0 Å². The van der Waals surface area contributed by atoms with E-state index >= 15 is 0 Å². The van der Waals surface area contributed by atoms with Gasteiger partial charge in [0, 0.05) is 0 Å². The topological polar surface area (TPSA) is 126 Å². The molecule has 0 spiro atoms. The van der Waals surface area contributed by atoms with Crippen molar-refractivity contribution in [2.75, 3.05) is 6.54 Å². The van der Waals surface area contributed by atoms with Gasteiger partial charge in [-0.25, -0.2) is 0 Å². The number of carbonyl (C=O) groups is 1. The second-order valence-electron chi connectivity index (χ2n) is 0.598. The zero-order valence-electron chi connectivity index (χ0n) is 6.35. The number of rotatable bonds is 1. The summed E-state index contributed by atoms with van der Waals surface area (Å²) in [4.78, 5) is 9.24. The van der Waals surface area contributed by atoms with Crippen molar-refractivity contribution in [3.8, 4) is 0 Å². The predicted molar refractivity (Wildman–Crippen MR) is 31.9 cm³/mol. The molecular weight excluding hydrogens is 126 g/mol. The molecule has 0 aliphatic rings. The summed E-state index contributed by atoms with van der Waals surface area (Å²) in [7, 11) is 0. The van der Waals surface area contributed by atoms with Crippen LogP contribution in [0.5, 0.6) is 0 Å². The van der Waals surface area contributed by atoms with Crippen LogP contribution in [0.4, 0.5) is 0 Å². The summed E-state index contributed by atoms with van der Waals surface area (Å²) < 4.78 is 0. The molecule has 0 aliphatic heterocycles. The molecular formula is C2H11MgNO4. The van der Waals surface area contributed by atoms with Crippen LogP contribution in [0.3, 0.4) is 0 Å². The zero-order valence-corrected chi connectivity index (χ0v) is 5.76. The molecule has 6 heteroatoms. The molecule has 0 unspecified atom stereocenters. The van der Waals surface area contributed by atoms with Crippen molar-refractivity contribution < 1.29 is 23.7 Å². The molecule has 0 bridgehead atoms. The van der Waals surface area contributed by atoms with E-state index in [2.05, 4.69) is 5.73 Å². The Hall–Kier alpha value is 0.116. The van der Waals surface area contributed by atoms with E-state index in [1.54, 1.807) is 0 Å². The second kappa shape index (κ2) is 15.7. The third kappa shape index (κ3) is 35.7. The minimum Gasteiger partial charge on any atom is -1.00 e. The first kappa shape index (κ1) is 24.3. The molecule has 0 aromatic heterocycles. The van der Waals surface area contributed by atoms with Gasteiger partial charge >= 0.3 is 29.0 Å². The number of carboxylic acid groups (broad SMARTS) is 1. The van der Waals surface area contributed by atoms with Crippen molar-refractivity contribution in [3.05, 3.63) is 0 Å². The molecule has 0 fully saturated rings. The third-order valence-electron chi connectivity index (χ3n) is 0.175. The van der Waals surface area contributed by atoms with Crippen LogP contribution in [0.2, 0.25) is 0 Å². The Morgan fingerprint density at radius 1 is 1.62 bits per heavy atom. The number of carboxylic acids is 1. The maximum Gasteiger partial charge on any atom is 2.00 e. The summed E-state index contributed by atoms with van der Waals surface area (Å²) in [5.74, 6) is -0.968. The second-order valence-corrected chi connectivity index (χ2v) is 0.598. The molecule has 0 aromatic rings. The van der Waals surface area contributed by atoms with Crippen LogP contribution in [0.1, 0.15) is 2.85 Å². The monoisotopic (exact) mass is 137 g/mol. The fourth-order valence-electron chi connectivity index (χ4n) is 0. The van der Waals surface area contributed by atoms with Gasteiger partial charge in [0.25, 0.3) is 0 Å². The standard InChI is InChI=1S/C2H5NO2.Mg.2H2O.2H/c3-1-2(4)5;;;;;/h1,3H2,(H,4,5);;2*1H2;;/q;+2;;;2*-1. The Morgan fingerprint density at radius 3 is 1.75 bits per heavy atom. The van der Waals surface area contributed by atoms with Crippen LogP contribution >= 0.6 is 0 Å². The van der Waals surface area contributed by atoms with E-state index in [-0.39, 0.29) is 43.4 Å². The van der Waals surface area contributed by atoms with Crippen LogP contribution in [0, 0.1) is 0 Å². The maximum atomic E-state index is 9.24. The quantitative estimate of drug-likeness (QED) is 0.380. The van der Waals surface area contributed by atoms with Gasteiger partial charge in [0.15, 0.2) is 0 Å². The van der Waals surface area contributed by atoms with E-state index in [4.69, 9.17) is 5.11 Å². The third-order valence-corrected chi connectivity index (χ3v) is 0.175. The van der Waals surface area contributed by atoms with Crippen molar-refractivity contribution in [1.29, 1.82) is 0 Å². The molecule has 0 saturated heterocycles. The van der Waals surface area contributed by atoms with Gasteiger partial charge in [-0.2, -0.15) is 0 Å². The first-order valence-corrected chi connectivity index (χ1v) is 1.19. The Morgan fingerprint density at radius 2 is 1.75 bits per heavy atom. The van der Waals surface area contributed by atoms with Crippen molar-refractivity contribution >= 4 is 29.0 Å². The smallest absolute Gasteiger partial charge is 1.00 e. The van der Waals surface area contributed by atoms with Crippen LogP contribution < -0.4 is 5.73 Å². The van der Waals surface area contributed by atoms with Gasteiger partial charge in [-0.3, -0.25) is 4.79 Å². The van der Waals surface area contributed by atoms with E-state index in [0.29, 0.717) is 0 Å².